The van der Waals surface area contributed by atoms with Gasteiger partial charge < -0.3 is 14.8 Å². The number of nitrogens with one attached hydrogen (secondary N) is 1. The van der Waals surface area contributed by atoms with Crippen molar-refractivity contribution >= 4 is 0 Å². The van der Waals surface area contributed by atoms with Crippen LogP contribution in [0.3, 0.4) is 0 Å². The molecule has 0 amide bonds. The molecule has 0 spiro atoms. The quantitative estimate of drug-likeness (QED) is 0.666. The van der Waals surface area contributed by atoms with Crippen molar-refractivity contribution in [2.45, 2.75) is 40.2 Å². The standard InChI is InChI=1S/C16H34N2O2/c1-6-18(15(4)10-19-5)12-16(7-8-20-13-16)11-17-9-14(2)3/h14-15,17H,6-13H2,1-5H3. The molecule has 1 heterocycles. The molecule has 0 bridgehead atoms. The van der Waals surface area contributed by atoms with Crippen LogP contribution >= 0.6 is 0 Å². The fourth-order valence-corrected chi connectivity index (χ4v) is 2.95. The van der Waals surface area contributed by atoms with Gasteiger partial charge in [-0.2, -0.15) is 0 Å². The summed E-state index contributed by atoms with van der Waals surface area (Å²) in [5, 5.41) is 3.63. The van der Waals surface area contributed by atoms with Gasteiger partial charge in [0, 0.05) is 38.3 Å². The molecule has 4 nitrogen and oxygen atoms in total. The SMILES string of the molecule is CCN(CC1(CNCC(C)C)CCOC1)C(C)COC. The molecule has 1 saturated heterocycles. The van der Waals surface area contributed by atoms with E-state index in [1.807, 2.05) is 0 Å². The van der Waals surface area contributed by atoms with Crippen LogP contribution in [-0.2, 0) is 9.47 Å². The van der Waals surface area contributed by atoms with E-state index in [0.717, 1.165) is 52.4 Å². The molecule has 1 aliphatic heterocycles. The van der Waals surface area contributed by atoms with Gasteiger partial charge >= 0.3 is 0 Å². The summed E-state index contributed by atoms with van der Waals surface area (Å²) in [6, 6.07) is 0.465. The van der Waals surface area contributed by atoms with Crippen LogP contribution in [-0.4, -0.2) is 64.1 Å². The maximum absolute atomic E-state index is 5.71. The third kappa shape index (κ3) is 5.68. The monoisotopic (exact) mass is 286 g/mol. The highest BCUT2D eigenvalue weighted by Crippen LogP contribution is 2.29. The maximum Gasteiger partial charge on any atom is 0.0615 e. The van der Waals surface area contributed by atoms with Crippen molar-refractivity contribution in [1.29, 1.82) is 0 Å². The van der Waals surface area contributed by atoms with E-state index in [2.05, 4.69) is 37.9 Å². The van der Waals surface area contributed by atoms with Gasteiger partial charge in [-0.1, -0.05) is 20.8 Å². The van der Waals surface area contributed by atoms with E-state index in [0.29, 0.717) is 12.0 Å². The number of hydrogen-bond acceptors (Lipinski definition) is 4. The first kappa shape index (κ1) is 17.9. The third-order valence-corrected chi connectivity index (χ3v) is 4.21. The van der Waals surface area contributed by atoms with Gasteiger partial charge in [0.05, 0.1) is 13.2 Å². The van der Waals surface area contributed by atoms with Crippen molar-refractivity contribution in [2.24, 2.45) is 11.3 Å². The van der Waals surface area contributed by atoms with Crippen molar-refractivity contribution < 1.29 is 9.47 Å². The summed E-state index contributed by atoms with van der Waals surface area (Å²) in [5.74, 6) is 0.698. The van der Waals surface area contributed by atoms with E-state index in [1.165, 1.54) is 0 Å². The molecule has 2 unspecified atom stereocenters. The van der Waals surface area contributed by atoms with Gasteiger partial charge in [0.25, 0.3) is 0 Å². The van der Waals surface area contributed by atoms with Crippen molar-refractivity contribution in [3.63, 3.8) is 0 Å². The Morgan fingerprint density at radius 1 is 1.35 bits per heavy atom. The summed E-state index contributed by atoms with van der Waals surface area (Å²) in [4.78, 5) is 2.52. The Bertz CT molecular complexity index is 253. The number of ether oxygens (including phenoxy) is 2. The largest absolute Gasteiger partial charge is 0.383 e. The molecule has 2 atom stereocenters. The van der Waals surface area contributed by atoms with Crippen molar-refractivity contribution in [2.75, 3.05) is 53.1 Å². The maximum atomic E-state index is 5.71. The first-order chi connectivity index (χ1) is 9.53. The molecular formula is C16H34N2O2. The van der Waals surface area contributed by atoms with E-state index in [-0.39, 0.29) is 5.41 Å². The fourth-order valence-electron chi connectivity index (χ4n) is 2.95. The molecule has 4 heteroatoms. The zero-order chi connectivity index (χ0) is 15.0. The average molecular weight is 286 g/mol. The summed E-state index contributed by atoms with van der Waals surface area (Å²) < 4.78 is 11.0. The van der Waals surface area contributed by atoms with Crippen LogP contribution in [0.5, 0.6) is 0 Å². The third-order valence-electron chi connectivity index (χ3n) is 4.21. The van der Waals surface area contributed by atoms with Gasteiger partial charge in [-0.15, -0.1) is 0 Å². The van der Waals surface area contributed by atoms with Crippen molar-refractivity contribution in [3.05, 3.63) is 0 Å². The summed E-state index contributed by atoms with van der Waals surface area (Å²) >= 11 is 0. The number of rotatable bonds is 10. The second kappa shape index (κ2) is 8.98. The highest BCUT2D eigenvalue weighted by atomic mass is 16.5. The Kier molecular flexibility index (Phi) is 8.03. The molecular weight excluding hydrogens is 252 g/mol. The molecule has 1 rings (SSSR count). The summed E-state index contributed by atoms with van der Waals surface area (Å²) in [7, 11) is 1.78. The lowest BCUT2D eigenvalue weighted by Crippen LogP contribution is -2.48. The number of nitrogens with zero attached hydrogens (tertiary/aromatic N) is 1. The smallest absolute Gasteiger partial charge is 0.0615 e. The topological polar surface area (TPSA) is 33.7 Å². The van der Waals surface area contributed by atoms with Crippen LogP contribution < -0.4 is 5.32 Å². The molecule has 120 valence electrons. The Hall–Kier alpha value is -0.160. The van der Waals surface area contributed by atoms with E-state index in [4.69, 9.17) is 9.47 Å². The van der Waals surface area contributed by atoms with E-state index >= 15 is 0 Å². The van der Waals surface area contributed by atoms with Gasteiger partial charge in [0.15, 0.2) is 0 Å². The zero-order valence-corrected chi connectivity index (χ0v) is 14.1. The summed E-state index contributed by atoms with van der Waals surface area (Å²) in [6.45, 7) is 15.9. The van der Waals surface area contributed by atoms with Gasteiger partial charge in [-0.25, -0.2) is 0 Å². The second-order valence-electron chi connectivity index (χ2n) is 6.69. The van der Waals surface area contributed by atoms with Crippen LogP contribution in [0.25, 0.3) is 0 Å². The van der Waals surface area contributed by atoms with Crippen LogP contribution in [0.4, 0.5) is 0 Å². The number of likely N-dealkylation sites (N-methyl/N-ethyl adjacent to an activating group) is 1. The van der Waals surface area contributed by atoms with Crippen molar-refractivity contribution in [3.8, 4) is 0 Å². The highest BCUT2D eigenvalue weighted by molar-refractivity contribution is 4.89. The molecule has 1 fully saturated rings. The molecule has 0 aliphatic carbocycles. The lowest BCUT2D eigenvalue weighted by atomic mass is 9.86. The first-order valence-corrected chi connectivity index (χ1v) is 8.04. The molecule has 0 radical (unpaired) electrons. The predicted octanol–water partition coefficient (Wildman–Crippen LogP) is 2.00. The van der Waals surface area contributed by atoms with Crippen LogP contribution in [0.15, 0.2) is 0 Å². The number of methoxy groups -OCH3 is 1. The van der Waals surface area contributed by atoms with E-state index in [9.17, 15) is 0 Å². The van der Waals surface area contributed by atoms with Crippen LogP contribution in [0.1, 0.15) is 34.1 Å². The van der Waals surface area contributed by atoms with Gasteiger partial charge in [-0.3, -0.25) is 4.90 Å². The summed E-state index contributed by atoms with van der Waals surface area (Å²) in [5.41, 5.74) is 0.271. The summed E-state index contributed by atoms with van der Waals surface area (Å²) in [6.07, 6.45) is 1.16. The zero-order valence-electron chi connectivity index (χ0n) is 14.1. The average Bonchev–Trinajstić information content (AvgIpc) is 2.85. The van der Waals surface area contributed by atoms with Crippen LogP contribution in [0.2, 0.25) is 0 Å². The lowest BCUT2D eigenvalue weighted by Gasteiger charge is -2.37. The lowest BCUT2D eigenvalue weighted by molar-refractivity contribution is 0.0567. The van der Waals surface area contributed by atoms with Gasteiger partial charge in [-0.05, 0) is 32.4 Å². The van der Waals surface area contributed by atoms with Gasteiger partial charge in [0.2, 0.25) is 0 Å². The second-order valence-corrected chi connectivity index (χ2v) is 6.69. The molecule has 20 heavy (non-hydrogen) atoms. The van der Waals surface area contributed by atoms with E-state index < -0.39 is 0 Å². The molecule has 0 aromatic rings. The fraction of sp³-hybridized carbons (Fsp3) is 1.00. The van der Waals surface area contributed by atoms with Gasteiger partial charge in [0.1, 0.15) is 0 Å². The minimum Gasteiger partial charge on any atom is -0.383 e. The Morgan fingerprint density at radius 3 is 2.60 bits per heavy atom. The molecule has 1 N–H and O–H groups in total. The number of hydrogen-bond donors (Lipinski definition) is 1. The van der Waals surface area contributed by atoms with Crippen LogP contribution in [0, 0.1) is 11.3 Å². The Labute approximate surface area is 125 Å². The minimum absolute atomic E-state index is 0.271. The van der Waals surface area contributed by atoms with Crippen molar-refractivity contribution in [1.82, 2.24) is 10.2 Å². The molecule has 0 aromatic carbocycles. The Morgan fingerprint density at radius 2 is 2.10 bits per heavy atom. The first-order valence-electron chi connectivity index (χ1n) is 8.04. The van der Waals surface area contributed by atoms with E-state index in [1.54, 1.807) is 7.11 Å². The predicted molar refractivity (Wildman–Crippen MR) is 84.2 cm³/mol. The Balaban J connectivity index is 2.55. The highest BCUT2D eigenvalue weighted by Gasteiger charge is 2.37. The molecule has 0 saturated carbocycles. The normalized spacial score (nSPS) is 24.8. The molecule has 1 aliphatic rings. The minimum atomic E-state index is 0.271. The molecule has 0 aromatic heterocycles.